The summed E-state index contributed by atoms with van der Waals surface area (Å²) in [6, 6.07) is 8.91. The largest absolute Gasteiger partial charge is 0.361 e. The third-order valence-electron chi connectivity index (χ3n) is 12.1. The number of ketones is 1. The van der Waals surface area contributed by atoms with Gasteiger partial charge >= 0.3 is 0 Å². The van der Waals surface area contributed by atoms with Crippen molar-refractivity contribution < 1.29 is 14.3 Å². The van der Waals surface area contributed by atoms with Crippen molar-refractivity contribution in [2.24, 2.45) is 11.3 Å². The van der Waals surface area contributed by atoms with Gasteiger partial charge in [-0.05, 0) is 73.6 Å². The fourth-order valence-electron chi connectivity index (χ4n) is 9.03. The number of alkyl halides is 1. The van der Waals surface area contributed by atoms with Crippen molar-refractivity contribution in [1.29, 1.82) is 0 Å². The van der Waals surface area contributed by atoms with Gasteiger partial charge in [0.2, 0.25) is 5.91 Å². The molecule has 1 saturated heterocycles. The van der Waals surface area contributed by atoms with Crippen molar-refractivity contribution in [2.75, 3.05) is 18.5 Å². The summed E-state index contributed by atoms with van der Waals surface area (Å²) >= 11 is 3.53. The predicted molar refractivity (Wildman–Crippen MR) is 209 cm³/mol. The number of unbranched alkanes of at least 4 members (excludes halogenated alkanes) is 2. The number of hydrogen-bond acceptors (Lipinski definition) is 5. The Morgan fingerprint density at radius 1 is 1.08 bits per heavy atom. The number of nitrogens with one attached hydrogen (secondary N) is 1. The Kier molecular flexibility index (Phi) is 12.6. The van der Waals surface area contributed by atoms with Crippen molar-refractivity contribution >= 4 is 35.7 Å². The summed E-state index contributed by atoms with van der Waals surface area (Å²) in [6.07, 6.45) is 21.0. The van der Waals surface area contributed by atoms with Crippen LogP contribution < -0.4 is 5.32 Å². The Balaban J connectivity index is 1.26. The molecule has 3 heterocycles. The van der Waals surface area contributed by atoms with Gasteiger partial charge in [-0.2, -0.15) is 0 Å². The number of benzene rings is 1. The maximum atomic E-state index is 13.9. The topological polar surface area (TPSA) is 76.5 Å². The van der Waals surface area contributed by atoms with Crippen LogP contribution in [0.2, 0.25) is 25.7 Å². The predicted octanol–water partition coefficient (Wildman–Crippen LogP) is 10.1. The van der Waals surface area contributed by atoms with Crippen LogP contribution in [-0.2, 0) is 21.1 Å². The molecule has 1 N–H and O–H groups in total. The number of carbonyl (C=O) groups excluding carboxylic acids is 2. The van der Waals surface area contributed by atoms with Crippen molar-refractivity contribution in [3.63, 3.8) is 0 Å². The molecule has 1 aromatic heterocycles. The summed E-state index contributed by atoms with van der Waals surface area (Å²) in [5.74, 6) is 1.56. The van der Waals surface area contributed by atoms with E-state index in [0.29, 0.717) is 37.4 Å². The molecule has 2 saturated carbocycles. The van der Waals surface area contributed by atoms with Gasteiger partial charge in [-0.25, -0.2) is 4.98 Å². The fourth-order valence-corrected chi connectivity index (χ4v) is 10.1. The van der Waals surface area contributed by atoms with Crippen LogP contribution in [0.4, 0.5) is 0 Å². The number of halogens is 1. The number of fused-ring (bicyclic) bond motifs is 5. The summed E-state index contributed by atoms with van der Waals surface area (Å²) in [4.78, 5) is 33.7. The number of carbonyl (C=O) groups is 2. The summed E-state index contributed by atoms with van der Waals surface area (Å²) in [5.41, 5.74) is 5.40. The number of nitrogens with zero attached hydrogens (tertiary/aromatic N) is 3. The van der Waals surface area contributed by atoms with E-state index in [2.05, 4.69) is 80.7 Å². The highest BCUT2D eigenvalue weighted by molar-refractivity contribution is 9.09. The minimum atomic E-state index is -1.26. The first-order chi connectivity index (χ1) is 24.1. The van der Waals surface area contributed by atoms with E-state index >= 15 is 0 Å². The number of amides is 1. The SMILES string of the molecule is CCC(=O)CCCCC[C@H](NC(=O)[C@H]1CC12CCCCC2)c1ncc(-c2ccc3c(c2)C2CCC3N2C/C=C/CBr)n1COCC[Si](C)(C)C. The second-order valence-electron chi connectivity index (χ2n) is 16.8. The van der Waals surface area contributed by atoms with Crippen molar-refractivity contribution in [2.45, 2.75) is 147 Å². The van der Waals surface area contributed by atoms with Crippen LogP contribution in [0.3, 0.4) is 0 Å². The number of aromatic nitrogens is 2. The third-order valence-corrected chi connectivity index (χ3v) is 14.2. The van der Waals surface area contributed by atoms with Gasteiger partial charge in [0.25, 0.3) is 0 Å². The Labute approximate surface area is 310 Å². The van der Waals surface area contributed by atoms with E-state index in [9.17, 15) is 9.59 Å². The number of ether oxygens (including phenoxy) is 1. The highest BCUT2D eigenvalue weighted by Crippen LogP contribution is 2.61. The Bertz CT molecular complexity index is 1510. The summed E-state index contributed by atoms with van der Waals surface area (Å²) in [6.45, 7) is 11.2. The van der Waals surface area contributed by atoms with Crippen molar-refractivity contribution in [3.05, 3.63) is 53.5 Å². The fraction of sp³-hybridized carbons (Fsp3) is 0.683. The molecule has 0 radical (unpaired) electrons. The third kappa shape index (κ3) is 8.75. The maximum Gasteiger partial charge on any atom is 0.224 e. The Morgan fingerprint density at radius 3 is 2.60 bits per heavy atom. The maximum absolute atomic E-state index is 13.9. The van der Waals surface area contributed by atoms with Crippen LogP contribution >= 0.6 is 15.9 Å². The van der Waals surface area contributed by atoms with E-state index in [1.165, 1.54) is 61.6 Å². The second-order valence-corrected chi connectivity index (χ2v) is 23.1. The first kappa shape index (κ1) is 37.7. The van der Waals surface area contributed by atoms with E-state index < -0.39 is 8.07 Å². The normalized spacial score (nSPS) is 23.1. The lowest BCUT2D eigenvalue weighted by atomic mass is 9.84. The molecule has 2 aliphatic carbocycles. The van der Waals surface area contributed by atoms with E-state index in [-0.39, 0.29) is 23.3 Å². The van der Waals surface area contributed by atoms with E-state index in [1.54, 1.807) is 0 Å². The van der Waals surface area contributed by atoms with E-state index in [1.807, 2.05) is 13.1 Å². The number of hydrogen-bond donors (Lipinski definition) is 1. The lowest BCUT2D eigenvalue weighted by Crippen LogP contribution is -2.34. The standard InChI is InChI=1S/C41H61BrN4O3Si/c1-5-31(47)14-8-6-9-15-35(44-40(48)34-27-41(34)20-10-7-11-21-41)39-43-28-38(46(39)29-49-24-25-50(2,3)4)30-16-17-32-33(26-30)37-19-18-36(32)45(37)23-13-12-22-42/h12-13,16-17,26,28,34-37H,5-11,14-15,18-25,27,29H2,1-4H3,(H,44,48)/b13-12+/t34-,35+,36?,37?/m1/s1. The van der Waals surface area contributed by atoms with Gasteiger partial charge in [-0.3, -0.25) is 14.5 Å². The van der Waals surface area contributed by atoms with Crippen LogP contribution in [0.5, 0.6) is 0 Å². The Morgan fingerprint density at radius 2 is 1.86 bits per heavy atom. The molecule has 4 aliphatic rings. The molecule has 2 unspecified atom stereocenters. The van der Waals surface area contributed by atoms with Gasteiger partial charge in [0.05, 0.1) is 17.9 Å². The zero-order valence-corrected chi connectivity index (χ0v) is 33.7. The number of allylic oxidation sites excluding steroid dienone is 1. The smallest absolute Gasteiger partial charge is 0.224 e. The van der Waals surface area contributed by atoms with Gasteiger partial charge in [0.15, 0.2) is 0 Å². The van der Waals surface area contributed by atoms with Gasteiger partial charge in [0.1, 0.15) is 18.3 Å². The van der Waals surface area contributed by atoms with Crippen LogP contribution in [0, 0.1) is 11.3 Å². The quantitative estimate of drug-likeness (QED) is 0.0667. The van der Waals surface area contributed by atoms with Gasteiger partial charge in [-0.1, -0.05) is 98.9 Å². The minimum Gasteiger partial charge on any atom is -0.361 e. The van der Waals surface area contributed by atoms with Crippen LogP contribution in [0.1, 0.15) is 132 Å². The molecule has 1 amide bonds. The molecular formula is C41H61BrN4O3Si. The monoisotopic (exact) mass is 764 g/mol. The summed E-state index contributed by atoms with van der Waals surface area (Å²) < 4.78 is 8.70. The molecule has 6 rings (SSSR count). The second kappa shape index (κ2) is 16.7. The molecule has 1 spiro atoms. The molecule has 7 nitrogen and oxygen atoms in total. The zero-order valence-electron chi connectivity index (χ0n) is 31.2. The summed E-state index contributed by atoms with van der Waals surface area (Å²) in [5, 5.41) is 4.43. The van der Waals surface area contributed by atoms with Crippen LogP contribution in [0.15, 0.2) is 36.5 Å². The van der Waals surface area contributed by atoms with Crippen LogP contribution in [-0.4, -0.2) is 52.7 Å². The lowest BCUT2D eigenvalue weighted by Gasteiger charge is -2.25. The number of rotatable bonds is 19. The molecule has 50 heavy (non-hydrogen) atoms. The highest BCUT2D eigenvalue weighted by atomic mass is 79.9. The van der Waals surface area contributed by atoms with Crippen molar-refractivity contribution in [3.8, 4) is 11.3 Å². The first-order valence-electron chi connectivity index (χ1n) is 19.7. The van der Waals surface area contributed by atoms with E-state index in [4.69, 9.17) is 9.72 Å². The first-order valence-corrected chi connectivity index (χ1v) is 24.5. The Hall–Kier alpha value is -2.07. The molecule has 2 bridgehead atoms. The molecule has 9 heteroatoms. The molecule has 274 valence electrons. The van der Waals surface area contributed by atoms with Gasteiger partial charge in [0, 0.05) is 63.0 Å². The zero-order chi connectivity index (χ0) is 35.3. The molecule has 2 aromatic rings. The van der Waals surface area contributed by atoms with Crippen molar-refractivity contribution in [1.82, 2.24) is 19.8 Å². The molecule has 4 atom stereocenters. The average Bonchev–Trinajstić information content (AvgIpc) is 3.37. The number of imidazole rings is 1. The van der Waals surface area contributed by atoms with Gasteiger partial charge in [-0.15, -0.1) is 0 Å². The number of Topliss-reactive ketones (excluding diaryl/α,β-unsaturated/α-hetero) is 1. The molecular weight excluding hydrogens is 704 g/mol. The van der Waals surface area contributed by atoms with Gasteiger partial charge < -0.3 is 14.6 Å². The van der Waals surface area contributed by atoms with Crippen LogP contribution in [0.25, 0.3) is 11.3 Å². The molecule has 1 aromatic carbocycles. The molecule has 3 fully saturated rings. The summed E-state index contributed by atoms with van der Waals surface area (Å²) in [7, 11) is -1.26. The van der Waals surface area contributed by atoms with E-state index in [0.717, 1.165) is 68.1 Å². The minimum absolute atomic E-state index is 0.128. The average molecular weight is 766 g/mol. The molecule has 2 aliphatic heterocycles. The highest BCUT2D eigenvalue weighted by Gasteiger charge is 2.57. The lowest BCUT2D eigenvalue weighted by molar-refractivity contribution is -0.124.